The van der Waals surface area contributed by atoms with Crippen molar-refractivity contribution < 1.29 is 0 Å². The highest BCUT2D eigenvalue weighted by Crippen LogP contribution is 2.13. The molecule has 0 aliphatic carbocycles. The van der Waals surface area contributed by atoms with Gasteiger partial charge in [-0.05, 0) is 31.5 Å². The van der Waals surface area contributed by atoms with Gasteiger partial charge in [-0.25, -0.2) is 0 Å². The van der Waals surface area contributed by atoms with Gasteiger partial charge in [-0.3, -0.25) is 0 Å². The first-order chi connectivity index (χ1) is 6.31. The third-order valence-electron chi connectivity index (χ3n) is 2.11. The summed E-state index contributed by atoms with van der Waals surface area (Å²) in [6, 6.07) is 8.17. The van der Waals surface area contributed by atoms with Gasteiger partial charge in [0, 0.05) is 18.8 Å². The van der Waals surface area contributed by atoms with Crippen LogP contribution < -0.4 is 4.90 Å². The van der Waals surface area contributed by atoms with E-state index in [1.54, 1.807) is 0 Å². The summed E-state index contributed by atoms with van der Waals surface area (Å²) >= 11 is 4.72. The molecule has 0 saturated carbocycles. The van der Waals surface area contributed by atoms with Gasteiger partial charge < -0.3 is 4.90 Å². The van der Waals surface area contributed by atoms with Crippen molar-refractivity contribution in [1.82, 2.24) is 0 Å². The highest BCUT2D eigenvalue weighted by Gasteiger charge is 1.99. The average Bonchev–Trinajstić information content (AvgIpc) is 2.21. The molecule has 1 rings (SSSR count). The number of benzene rings is 1. The smallest absolute Gasteiger partial charge is 0.0636 e. The van der Waals surface area contributed by atoms with Crippen LogP contribution in [0.15, 0.2) is 24.3 Å². The molecular formula is C11H14NS. The van der Waals surface area contributed by atoms with E-state index in [1.807, 2.05) is 12.1 Å². The number of thiocarbonyl (C=S) groups is 1. The van der Waals surface area contributed by atoms with E-state index in [9.17, 15) is 0 Å². The number of hydrogen-bond donors (Lipinski definition) is 0. The standard InChI is InChI=1S/C11H14NS/c1-3-12(4-2)11-7-5-10(9-13)6-8-11/h5-8H,3-4H2,1-2H3. The highest BCUT2D eigenvalue weighted by molar-refractivity contribution is 7.79. The maximum Gasteiger partial charge on any atom is 0.0636 e. The molecule has 1 aromatic carbocycles. The van der Waals surface area contributed by atoms with Crippen LogP contribution in [0.5, 0.6) is 0 Å². The fourth-order valence-corrected chi connectivity index (χ4v) is 1.47. The highest BCUT2D eigenvalue weighted by atomic mass is 32.1. The molecule has 0 bridgehead atoms. The molecule has 0 aliphatic rings. The van der Waals surface area contributed by atoms with Crippen molar-refractivity contribution in [2.24, 2.45) is 0 Å². The number of anilines is 1. The van der Waals surface area contributed by atoms with Gasteiger partial charge in [-0.1, -0.05) is 24.4 Å². The SMILES string of the molecule is CCN(CC)c1ccc([C]=S)cc1. The predicted molar refractivity (Wildman–Crippen MR) is 61.7 cm³/mol. The first kappa shape index (κ1) is 10.2. The second-order valence-corrected chi connectivity index (χ2v) is 3.03. The first-order valence-corrected chi connectivity index (χ1v) is 4.95. The summed E-state index contributed by atoms with van der Waals surface area (Å²) in [5.74, 6) is 0. The molecule has 0 saturated heterocycles. The van der Waals surface area contributed by atoms with Gasteiger partial charge in [0.25, 0.3) is 0 Å². The van der Waals surface area contributed by atoms with Crippen molar-refractivity contribution in [1.29, 1.82) is 0 Å². The zero-order valence-electron chi connectivity index (χ0n) is 8.08. The van der Waals surface area contributed by atoms with E-state index >= 15 is 0 Å². The normalized spacial score (nSPS) is 9.69. The number of nitrogens with zero attached hydrogens (tertiary/aromatic N) is 1. The molecule has 0 aromatic heterocycles. The lowest BCUT2D eigenvalue weighted by Gasteiger charge is -2.20. The van der Waals surface area contributed by atoms with Crippen LogP contribution in [-0.4, -0.2) is 18.5 Å². The Morgan fingerprint density at radius 1 is 1.15 bits per heavy atom. The lowest BCUT2D eigenvalue weighted by molar-refractivity contribution is 0.866. The lowest BCUT2D eigenvalue weighted by atomic mass is 10.2. The monoisotopic (exact) mass is 192 g/mol. The van der Waals surface area contributed by atoms with E-state index < -0.39 is 0 Å². The maximum atomic E-state index is 4.72. The minimum absolute atomic E-state index is 0.978. The molecule has 0 aliphatic heterocycles. The van der Waals surface area contributed by atoms with Crippen LogP contribution >= 0.6 is 12.2 Å². The van der Waals surface area contributed by atoms with E-state index in [1.165, 1.54) is 5.69 Å². The molecule has 0 amide bonds. The second kappa shape index (κ2) is 4.97. The van der Waals surface area contributed by atoms with Crippen LogP contribution in [0.1, 0.15) is 19.4 Å². The van der Waals surface area contributed by atoms with Crippen molar-refractivity contribution >= 4 is 23.3 Å². The van der Waals surface area contributed by atoms with Crippen molar-refractivity contribution in [2.45, 2.75) is 13.8 Å². The zero-order chi connectivity index (χ0) is 9.68. The van der Waals surface area contributed by atoms with Gasteiger partial charge >= 0.3 is 0 Å². The van der Waals surface area contributed by atoms with Crippen molar-refractivity contribution in [3.63, 3.8) is 0 Å². The van der Waals surface area contributed by atoms with Crippen molar-refractivity contribution in [3.05, 3.63) is 29.8 Å². The van der Waals surface area contributed by atoms with Crippen LogP contribution in [0.2, 0.25) is 0 Å². The summed E-state index contributed by atoms with van der Waals surface area (Å²) in [4.78, 5) is 2.30. The molecule has 1 nitrogen and oxygen atoms in total. The Morgan fingerprint density at radius 3 is 2.08 bits per heavy atom. The topological polar surface area (TPSA) is 3.24 Å². The molecule has 1 aromatic rings. The second-order valence-electron chi connectivity index (χ2n) is 2.82. The van der Waals surface area contributed by atoms with E-state index in [2.05, 4.69) is 36.2 Å². The van der Waals surface area contributed by atoms with Gasteiger partial charge in [0.2, 0.25) is 0 Å². The molecule has 0 N–H and O–H groups in total. The van der Waals surface area contributed by atoms with E-state index in [4.69, 9.17) is 12.2 Å². The van der Waals surface area contributed by atoms with Crippen LogP contribution in [0.4, 0.5) is 5.69 Å². The van der Waals surface area contributed by atoms with E-state index in [0.29, 0.717) is 0 Å². The van der Waals surface area contributed by atoms with Gasteiger partial charge in [-0.15, -0.1) is 0 Å². The molecule has 0 fully saturated rings. The van der Waals surface area contributed by atoms with Gasteiger partial charge in [0.1, 0.15) is 0 Å². The summed E-state index contributed by atoms with van der Waals surface area (Å²) in [5.41, 5.74) is 2.23. The third-order valence-corrected chi connectivity index (χ3v) is 2.35. The summed E-state index contributed by atoms with van der Waals surface area (Å²) in [6.07, 6.45) is 0. The summed E-state index contributed by atoms with van der Waals surface area (Å²) in [5, 5.41) is 2.69. The molecule has 69 valence electrons. The van der Waals surface area contributed by atoms with Gasteiger partial charge in [0.15, 0.2) is 0 Å². The molecule has 0 heterocycles. The third kappa shape index (κ3) is 2.52. The van der Waals surface area contributed by atoms with Gasteiger partial charge in [0.05, 0.1) is 5.37 Å². The number of rotatable bonds is 4. The van der Waals surface area contributed by atoms with Crippen LogP contribution in [0.3, 0.4) is 0 Å². The molecule has 0 unspecified atom stereocenters. The Hall–Kier alpha value is -0.890. The average molecular weight is 192 g/mol. The summed E-state index contributed by atoms with van der Waals surface area (Å²) < 4.78 is 0. The Labute approximate surface area is 85.4 Å². The zero-order valence-corrected chi connectivity index (χ0v) is 8.90. The molecule has 13 heavy (non-hydrogen) atoms. The maximum absolute atomic E-state index is 4.72. The minimum atomic E-state index is 0.978. The molecular weight excluding hydrogens is 178 g/mol. The van der Waals surface area contributed by atoms with Crippen molar-refractivity contribution in [3.8, 4) is 0 Å². The fraction of sp³-hybridized carbons (Fsp3) is 0.364. The Bertz CT molecular complexity index is 262. The minimum Gasteiger partial charge on any atom is -0.372 e. The van der Waals surface area contributed by atoms with Crippen molar-refractivity contribution in [2.75, 3.05) is 18.0 Å². The first-order valence-electron chi connectivity index (χ1n) is 4.55. The largest absolute Gasteiger partial charge is 0.372 e. The lowest BCUT2D eigenvalue weighted by Crippen LogP contribution is -2.21. The van der Waals surface area contributed by atoms with Crippen LogP contribution in [-0.2, 0) is 0 Å². The van der Waals surface area contributed by atoms with E-state index in [-0.39, 0.29) is 0 Å². The Morgan fingerprint density at radius 2 is 1.69 bits per heavy atom. The Balaban J connectivity index is 2.83. The van der Waals surface area contributed by atoms with Crippen LogP contribution in [0, 0.1) is 0 Å². The quantitative estimate of drug-likeness (QED) is 0.675. The van der Waals surface area contributed by atoms with Gasteiger partial charge in [-0.2, -0.15) is 0 Å². The Kier molecular flexibility index (Phi) is 3.90. The molecule has 0 spiro atoms. The molecule has 1 radical (unpaired) electrons. The van der Waals surface area contributed by atoms with E-state index in [0.717, 1.165) is 18.7 Å². The summed E-state index contributed by atoms with van der Waals surface area (Å²) in [6.45, 7) is 6.39. The van der Waals surface area contributed by atoms with Crippen LogP contribution in [0.25, 0.3) is 0 Å². The number of hydrogen-bond acceptors (Lipinski definition) is 2. The fourth-order valence-electron chi connectivity index (χ4n) is 1.33. The molecule has 2 heteroatoms. The molecule has 0 atom stereocenters. The predicted octanol–water partition coefficient (Wildman–Crippen LogP) is 2.76. The summed E-state index contributed by atoms with van der Waals surface area (Å²) in [7, 11) is 0.